The number of likely N-dealkylation sites (N-methyl/N-ethyl adjacent to an activating group) is 1. The minimum absolute atomic E-state index is 0.480. The number of nitrogens with one attached hydrogen (secondary N) is 1. The van der Waals surface area contributed by atoms with Gasteiger partial charge in [0.2, 0.25) is 0 Å². The number of benzene rings is 1. The van der Waals surface area contributed by atoms with Crippen molar-refractivity contribution in [2.24, 2.45) is 0 Å². The molecule has 0 spiro atoms. The van der Waals surface area contributed by atoms with Crippen molar-refractivity contribution in [3.63, 3.8) is 0 Å². The average Bonchev–Trinajstić information content (AvgIpc) is 3.06. The summed E-state index contributed by atoms with van der Waals surface area (Å²) in [5.41, 5.74) is 2.24. The van der Waals surface area contributed by atoms with E-state index in [9.17, 15) is 0 Å². The number of likely N-dealkylation sites (tertiary alicyclic amines) is 1. The molecule has 0 radical (unpaired) electrons. The maximum atomic E-state index is 5.95. The third-order valence-electron chi connectivity index (χ3n) is 4.73. The fraction of sp³-hybridized carbons (Fsp3) is 0.450. The van der Waals surface area contributed by atoms with E-state index in [2.05, 4.69) is 34.4 Å². The van der Waals surface area contributed by atoms with Crippen LogP contribution in [0.1, 0.15) is 24.0 Å². The van der Waals surface area contributed by atoms with Crippen LogP contribution in [0.15, 0.2) is 42.7 Å². The average molecular weight is 341 g/mol. The SMILES string of the molecule is COc1ccc(CNCC2CCCN2C)cc1OCc1cccnc1. The van der Waals surface area contributed by atoms with E-state index >= 15 is 0 Å². The highest BCUT2D eigenvalue weighted by molar-refractivity contribution is 5.43. The van der Waals surface area contributed by atoms with Crippen LogP contribution in [0.2, 0.25) is 0 Å². The fourth-order valence-corrected chi connectivity index (χ4v) is 3.21. The number of pyridine rings is 1. The van der Waals surface area contributed by atoms with E-state index in [-0.39, 0.29) is 0 Å². The quantitative estimate of drug-likeness (QED) is 0.800. The topological polar surface area (TPSA) is 46.6 Å². The van der Waals surface area contributed by atoms with Crippen LogP contribution < -0.4 is 14.8 Å². The Morgan fingerprint density at radius 2 is 2.16 bits per heavy atom. The van der Waals surface area contributed by atoms with Crippen LogP contribution in [0, 0.1) is 0 Å². The molecule has 0 amide bonds. The van der Waals surface area contributed by atoms with Crippen LogP contribution in [-0.2, 0) is 13.2 Å². The number of hydrogen-bond donors (Lipinski definition) is 1. The molecule has 1 atom stereocenters. The van der Waals surface area contributed by atoms with Crippen molar-refractivity contribution in [1.29, 1.82) is 0 Å². The van der Waals surface area contributed by atoms with E-state index < -0.39 is 0 Å². The summed E-state index contributed by atoms with van der Waals surface area (Å²) in [6.45, 7) is 3.54. The Morgan fingerprint density at radius 1 is 1.24 bits per heavy atom. The maximum Gasteiger partial charge on any atom is 0.161 e. The zero-order chi connectivity index (χ0) is 17.5. The summed E-state index contributed by atoms with van der Waals surface area (Å²) in [6, 6.07) is 10.7. The lowest BCUT2D eigenvalue weighted by Gasteiger charge is -2.20. The molecule has 5 heteroatoms. The molecule has 0 saturated carbocycles. The Hall–Kier alpha value is -2.11. The summed E-state index contributed by atoms with van der Waals surface area (Å²) in [6.07, 6.45) is 6.16. The number of rotatable bonds is 8. The lowest BCUT2D eigenvalue weighted by molar-refractivity contribution is 0.283. The van der Waals surface area contributed by atoms with Crippen molar-refractivity contribution in [3.05, 3.63) is 53.9 Å². The van der Waals surface area contributed by atoms with E-state index in [1.807, 2.05) is 24.4 Å². The summed E-state index contributed by atoms with van der Waals surface area (Å²) >= 11 is 0. The van der Waals surface area contributed by atoms with Gasteiger partial charge in [-0.3, -0.25) is 4.98 Å². The third kappa shape index (κ3) is 4.94. The molecule has 0 bridgehead atoms. The number of hydrogen-bond acceptors (Lipinski definition) is 5. The summed E-state index contributed by atoms with van der Waals surface area (Å²) in [7, 11) is 3.87. The van der Waals surface area contributed by atoms with Crippen molar-refractivity contribution in [1.82, 2.24) is 15.2 Å². The van der Waals surface area contributed by atoms with Gasteiger partial charge in [-0.2, -0.15) is 0 Å². The molecule has 25 heavy (non-hydrogen) atoms. The summed E-state index contributed by atoms with van der Waals surface area (Å²) in [5, 5.41) is 3.56. The molecule has 1 N–H and O–H groups in total. The van der Waals surface area contributed by atoms with E-state index in [0.717, 1.165) is 30.2 Å². The van der Waals surface area contributed by atoms with Crippen LogP contribution in [0.4, 0.5) is 0 Å². The predicted molar refractivity (Wildman–Crippen MR) is 98.9 cm³/mol. The van der Waals surface area contributed by atoms with Crippen molar-refractivity contribution >= 4 is 0 Å². The van der Waals surface area contributed by atoms with Crippen molar-refractivity contribution in [2.75, 3.05) is 27.2 Å². The second-order valence-corrected chi connectivity index (χ2v) is 6.54. The van der Waals surface area contributed by atoms with Gasteiger partial charge >= 0.3 is 0 Å². The normalized spacial score (nSPS) is 17.6. The standard InChI is InChI=1S/C20H27N3O2/c1-23-10-4-6-18(23)14-22-12-16-7-8-19(24-2)20(11-16)25-15-17-5-3-9-21-13-17/h3,5,7-9,11,13,18,22H,4,6,10,12,14-15H2,1-2H3. The molecule has 5 nitrogen and oxygen atoms in total. The van der Waals surface area contributed by atoms with Crippen LogP contribution in [0.25, 0.3) is 0 Å². The number of aromatic nitrogens is 1. The monoisotopic (exact) mass is 341 g/mol. The van der Waals surface area contributed by atoms with E-state index in [0.29, 0.717) is 12.6 Å². The first kappa shape index (κ1) is 17.7. The molecule has 2 aromatic rings. The van der Waals surface area contributed by atoms with Gasteiger partial charge in [-0.15, -0.1) is 0 Å². The summed E-state index contributed by atoms with van der Waals surface area (Å²) in [5.74, 6) is 1.52. The number of ether oxygens (including phenoxy) is 2. The minimum Gasteiger partial charge on any atom is -0.493 e. The molecule has 1 unspecified atom stereocenters. The highest BCUT2D eigenvalue weighted by atomic mass is 16.5. The fourth-order valence-electron chi connectivity index (χ4n) is 3.21. The zero-order valence-corrected chi connectivity index (χ0v) is 15.1. The lowest BCUT2D eigenvalue weighted by Crippen LogP contribution is -2.35. The molecule has 3 rings (SSSR count). The van der Waals surface area contributed by atoms with Crippen LogP contribution in [0.3, 0.4) is 0 Å². The van der Waals surface area contributed by atoms with Crippen molar-refractivity contribution in [3.8, 4) is 11.5 Å². The molecule has 1 fully saturated rings. The Labute approximate surface area is 150 Å². The Morgan fingerprint density at radius 3 is 2.88 bits per heavy atom. The highest BCUT2D eigenvalue weighted by Crippen LogP contribution is 2.29. The second kappa shape index (κ2) is 8.83. The van der Waals surface area contributed by atoms with Gasteiger partial charge in [-0.25, -0.2) is 0 Å². The van der Waals surface area contributed by atoms with E-state index in [1.54, 1.807) is 13.3 Å². The van der Waals surface area contributed by atoms with Gasteiger partial charge in [-0.1, -0.05) is 12.1 Å². The maximum absolute atomic E-state index is 5.95. The molecule has 1 saturated heterocycles. The summed E-state index contributed by atoms with van der Waals surface area (Å²) in [4.78, 5) is 6.55. The molecule has 1 aliphatic rings. The van der Waals surface area contributed by atoms with Gasteiger partial charge in [0.05, 0.1) is 7.11 Å². The first-order chi connectivity index (χ1) is 12.3. The summed E-state index contributed by atoms with van der Waals surface area (Å²) < 4.78 is 11.4. The first-order valence-corrected chi connectivity index (χ1v) is 8.86. The minimum atomic E-state index is 0.480. The van der Waals surface area contributed by atoms with Crippen LogP contribution >= 0.6 is 0 Å². The van der Waals surface area contributed by atoms with Crippen LogP contribution in [0.5, 0.6) is 11.5 Å². The van der Waals surface area contributed by atoms with Gasteiger partial charge < -0.3 is 19.7 Å². The number of nitrogens with zero attached hydrogens (tertiary/aromatic N) is 2. The first-order valence-electron chi connectivity index (χ1n) is 8.86. The largest absolute Gasteiger partial charge is 0.493 e. The highest BCUT2D eigenvalue weighted by Gasteiger charge is 2.19. The molecule has 1 aliphatic heterocycles. The van der Waals surface area contributed by atoms with Crippen LogP contribution in [-0.4, -0.2) is 43.2 Å². The van der Waals surface area contributed by atoms with Crippen molar-refractivity contribution in [2.45, 2.75) is 32.0 Å². The Balaban J connectivity index is 1.57. The molecule has 2 heterocycles. The van der Waals surface area contributed by atoms with E-state index in [4.69, 9.17) is 9.47 Å². The van der Waals surface area contributed by atoms with Gasteiger partial charge in [0, 0.05) is 37.1 Å². The molecule has 1 aromatic carbocycles. The zero-order valence-electron chi connectivity index (χ0n) is 15.1. The van der Waals surface area contributed by atoms with Gasteiger partial charge in [0.15, 0.2) is 11.5 Å². The van der Waals surface area contributed by atoms with Gasteiger partial charge in [0.25, 0.3) is 0 Å². The van der Waals surface area contributed by atoms with E-state index in [1.165, 1.54) is 24.9 Å². The molecular weight excluding hydrogens is 314 g/mol. The predicted octanol–water partition coefficient (Wildman–Crippen LogP) is 2.85. The smallest absolute Gasteiger partial charge is 0.161 e. The third-order valence-corrected chi connectivity index (χ3v) is 4.73. The van der Waals surface area contributed by atoms with Gasteiger partial charge in [0.1, 0.15) is 6.61 Å². The molecule has 1 aromatic heterocycles. The molecule has 134 valence electrons. The second-order valence-electron chi connectivity index (χ2n) is 6.54. The molecule has 0 aliphatic carbocycles. The Bertz CT molecular complexity index is 663. The lowest BCUT2D eigenvalue weighted by atomic mass is 10.2. The molecular formula is C20H27N3O2. The number of methoxy groups -OCH3 is 1. The Kier molecular flexibility index (Phi) is 6.25. The van der Waals surface area contributed by atoms with Gasteiger partial charge in [-0.05, 0) is 50.2 Å². The van der Waals surface area contributed by atoms with Crippen molar-refractivity contribution < 1.29 is 9.47 Å².